The van der Waals surface area contributed by atoms with Crippen LogP contribution in [0.2, 0.25) is 0 Å². The molecule has 2 aromatic carbocycles. The van der Waals surface area contributed by atoms with Crippen LogP contribution in [0.1, 0.15) is 48.8 Å². The average Bonchev–Trinajstić information content (AvgIpc) is 3.63. The Labute approximate surface area is 294 Å². The van der Waals surface area contributed by atoms with Crippen LogP contribution >= 0.6 is 0 Å². The molecule has 0 radical (unpaired) electrons. The molecule has 0 fully saturated rings. The number of allylic oxidation sites excluding steroid dienone is 1. The van der Waals surface area contributed by atoms with Gasteiger partial charge in [0.15, 0.2) is 11.5 Å². The molecule has 0 aliphatic carbocycles. The molecular weight excluding hydrogens is 650 g/mol. The maximum absolute atomic E-state index is 14.9. The molecule has 0 atom stereocenters. The van der Waals surface area contributed by atoms with Gasteiger partial charge in [0, 0.05) is 18.5 Å². The van der Waals surface area contributed by atoms with Crippen LogP contribution in [0, 0.1) is 5.82 Å². The van der Waals surface area contributed by atoms with Crippen molar-refractivity contribution in [2.45, 2.75) is 19.3 Å². The van der Waals surface area contributed by atoms with Gasteiger partial charge in [0.1, 0.15) is 17.9 Å². The third-order valence-corrected chi connectivity index (χ3v) is 6.76. The molecule has 4 aromatic rings. The summed E-state index contributed by atoms with van der Waals surface area (Å²) in [5.41, 5.74) is 6.50. The Morgan fingerprint density at radius 1 is 1.02 bits per heavy atom. The zero-order valence-electron chi connectivity index (χ0n) is 26.4. The molecule has 0 aliphatic rings. The summed E-state index contributed by atoms with van der Waals surface area (Å²) in [7, 11) is 1.35. The summed E-state index contributed by atoms with van der Waals surface area (Å²) in [4.78, 5) is 53.0. The molecule has 50 heavy (non-hydrogen) atoms. The predicted molar refractivity (Wildman–Crippen MR) is 172 cm³/mol. The number of nitrogens with zero attached hydrogens (tertiary/aromatic N) is 8. The molecule has 0 spiro atoms. The van der Waals surface area contributed by atoms with Crippen LogP contribution in [-0.2, 0) is 17.6 Å². The molecule has 0 unspecified atom stereocenters. The summed E-state index contributed by atoms with van der Waals surface area (Å²) in [6, 6.07) is 7.42. The van der Waals surface area contributed by atoms with E-state index in [0.717, 1.165) is 24.3 Å². The monoisotopic (exact) mass is 674 g/mol. The van der Waals surface area contributed by atoms with E-state index in [0.29, 0.717) is 11.4 Å². The quantitative estimate of drug-likeness (QED) is 0.0458. The number of hydrogen-bond acceptors (Lipinski definition) is 9. The molecular formula is C31H24FLiN10O7-2. The summed E-state index contributed by atoms with van der Waals surface area (Å²) >= 11 is 0. The number of halogens is 1. The minimum atomic E-state index is -1.54. The number of hydrogen-bond donors (Lipinski definition) is 4. The van der Waals surface area contributed by atoms with E-state index in [2.05, 4.69) is 42.4 Å². The van der Waals surface area contributed by atoms with Crippen LogP contribution in [0.15, 0.2) is 77.6 Å². The first-order chi connectivity index (χ1) is 23.5. The number of carbonyl (C=O) groups excluding carboxylic acids is 2. The second kappa shape index (κ2) is 17.7. The second-order valence-corrected chi connectivity index (χ2v) is 9.85. The van der Waals surface area contributed by atoms with E-state index in [-0.39, 0.29) is 72.1 Å². The second-order valence-electron chi connectivity index (χ2n) is 9.85. The van der Waals surface area contributed by atoms with Crippen molar-refractivity contribution < 1.29 is 57.4 Å². The largest absolute Gasteiger partial charge is 1.00 e. The SMILES string of the molecule is COc1cc(NC(=O)c2ccc(-n3ccnc3)nn2)c(C(=O)O)cc1CCCc1cc(NC(=O)C(=[N-])/C=C\[C-]=NN=[N-])c(C(=O)O)cc1F.[Li+]. The van der Waals surface area contributed by atoms with Gasteiger partial charge in [-0.2, -0.15) is 5.71 Å². The maximum Gasteiger partial charge on any atom is 1.00 e. The molecule has 0 saturated heterocycles. The van der Waals surface area contributed by atoms with Crippen molar-refractivity contribution in [1.82, 2.24) is 19.7 Å². The number of aromatic carboxylic acids is 2. The summed E-state index contributed by atoms with van der Waals surface area (Å²) < 4.78 is 21.9. The molecule has 0 saturated carbocycles. The number of carbonyl (C=O) groups is 4. The van der Waals surface area contributed by atoms with E-state index in [1.54, 1.807) is 17.0 Å². The zero-order valence-corrected chi connectivity index (χ0v) is 26.4. The fraction of sp³-hybridized carbons (Fsp3) is 0.129. The Hall–Kier alpha value is -6.38. The predicted octanol–water partition coefficient (Wildman–Crippen LogP) is 1.03. The van der Waals surface area contributed by atoms with Crippen LogP contribution < -0.4 is 34.2 Å². The minimum Gasteiger partial charge on any atom is -0.816 e. The molecule has 4 rings (SSSR count). The number of benzene rings is 2. The Balaban J connectivity index is 0.00000676. The van der Waals surface area contributed by atoms with Crippen molar-refractivity contribution >= 4 is 47.1 Å². The van der Waals surface area contributed by atoms with E-state index < -0.39 is 40.8 Å². The summed E-state index contributed by atoms with van der Waals surface area (Å²) in [6.07, 6.45) is 8.94. The van der Waals surface area contributed by atoms with Crippen LogP contribution in [0.25, 0.3) is 16.8 Å². The van der Waals surface area contributed by atoms with Gasteiger partial charge in [0.05, 0.1) is 29.6 Å². The first kappa shape index (κ1) is 38.1. The van der Waals surface area contributed by atoms with Crippen LogP contribution in [0.5, 0.6) is 5.75 Å². The van der Waals surface area contributed by atoms with Crippen LogP contribution in [0.4, 0.5) is 15.8 Å². The molecule has 19 heteroatoms. The molecule has 2 heterocycles. The fourth-order valence-corrected chi connectivity index (χ4v) is 4.45. The number of aryl methyl sites for hydroxylation is 2. The topological polar surface area (TPSA) is 255 Å². The molecule has 250 valence electrons. The van der Waals surface area contributed by atoms with Crippen molar-refractivity contribution in [2.75, 3.05) is 17.7 Å². The van der Waals surface area contributed by atoms with Gasteiger partial charge in [-0.1, -0.05) is 0 Å². The number of rotatable bonds is 15. The number of nitrogens with one attached hydrogen (secondary N) is 2. The van der Waals surface area contributed by atoms with Crippen molar-refractivity contribution in [3.05, 3.63) is 112 Å². The maximum atomic E-state index is 14.9. The van der Waals surface area contributed by atoms with Crippen molar-refractivity contribution in [3.63, 3.8) is 0 Å². The Kier molecular flexibility index (Phi) is 13.5. The smallest absolute Gasteiger partial charge is 0.816 e. The molecule has 0 aliphatic heterocycles. The third-order valence-electron chi connectivity index (χ3n) is 6.76. The van der Waals surface area contributed by atoms with E-state index in [1.807, 2.05) is 0 Å². The third kappa shape index (κ3) is 9.59. The summed E-state index contributed by atoms with van der Waals surface area (Å²) in [6.45, 7) is 0. The standard InChI is InChI=1S/C31H24FN10O7.Li/c1-49-26-15-25(38-29(44)23-7-8-27(40-39-23)42-11-10-35-16-42)19(30(45)46)12-18(26)5-2-4-17-13-24(20(31(47)48)14-21(17)32)37-28(43)22(33)6-3-9-36-41-34;/h3,6-8,10-16H,2,4-5H2,1H3,(H,37,43)(H,38,44)(H,45,46)(H,47,48);/q-3;+1/b6-3-;. The van der Waals surface area contributed by atoms with Gasteiger partial charge in [-0.25, -0.2) is 31.1 Å². The Bertz CT molecular complexity index is 1980. The Morgan fingerprint density at radius 3 is 2.34 bits per heavy atom. The minimum absolute atomic E-state index is 0. The van der Waals surface area contributed by atoms with E-state index in [1.165, 1.54) is 37.7 Å². The number of carboxylic acids is 2. The van der Waals surface area contributed by atoms with Gasteiger partial charge in [0.2, 0.25) is 5.91 Å². The van der Waals surface area contributed by atoms with Gasteiger partial charge in [-0.3, -0.25) is 25.6 Å². The van der Waals surface area contributed by atoms with E-state index >= 15 is 0 Å². The van der Waals surface area contributed by atoms with Crippen molar-refractivity contribution in [3.8, 4) is 11.6 Å². The summed E-state index contributed by atoms with van der Waals surface area (Å²) in [5, 5.41) is 47.3. The first-order valence-corrected chi connectivity index (χ1v) is 14.0. The fourth-order valence-electron chi connectivity index (χ4n) is 4.45. The molecule has 2 amide bonds. The van der Waals surface area contributed by atoms with Crippen molar-refractivity contribution in [1.29, 1.82) is 0 Å². The zero-order chi connectivity index (χ0) is 35.5. The number of amides is 2. The van der Waals surface area contributed by atoms with Gasteiger partial charge < -0.3 is 41.6 Å². The van der Waals surface area contributed by atoms with Crippen molar-refractivity contribution in [2.24, 2.45) is 10.3 Å². The van der Waals surface area contributed by atoms with Gasteiger partial charge in [0.25, 0.3) is 5.91 Å². The van der Waals surface area contributed by atoms with Crippen LogP contribution in [-0.4, -0.2) is 72.8 Å². The first-order valence-electron chi connectivity index (χ1n) is 14.0. The number of anilines is 2. The summed E-state index contributed by atoms with van der Waals surface area (Å²) in [5.74, 6) is -4.98. The Morgan fingerprint density at radius 2 is 1.72 bits per heavy atom. The number of methoxy groups -OCH3 is 1. The van der Waals surface area contributed by atoms with Gasteiger partial charge in [-0.05, 0) is 60.7 Å². The number of ether oxygens (including phenoxy) is 1. The number of imidazole rings is 1. The van der Waals surface area contributed by atoms with E-state index in [9.17, 15) is 39.2 Å². The van der Waals surface area contributed by atoms with Crippen LogP contribution in [0.3, 0.4) is 0 Å². The van der Waals surface area contributed by atoms with Gasteiger partial charge >= 0.3 is 30.8 Å². The van der Waals surface area contributed by atoms with E-state index in [4.69, 9.17) is 10.3 Å². The van der Waals surface area contributed by atoms with Gasteiger partial charge in [-0.15, -0.1) is 10.2 Å². The molecule has 0 bridgehead atoms. The average molecular weight is 675 g/mol. The number of carboxylic acid groups (broad SMARTS) is 2. The molecule has 4 N–H and O–H groups in total. The number of aromatic nitrogens is 4. The normalized spacial score (nSPS) is 10.8. The molecule has 2 aromatic heterocycles. The molecule has 17 nitrogen and oxygen atoms in total.